The minimum Gasteiger partial charge on any atom is -0.293 e. The third kappa shape index (κ3) is 3.71. The molecule has 118 valence electrons. The first-order chi connectivity index (χ1) is 10.9. The highest BCUT2D eigenvalue weighted by molar-refractivity contribution is 5.16. The van der Waals surface area contributed by atoms with Gasteiger partial charge in [0.25, 0.3) is 0 Å². The van der Waals surface area contributed by atoms with Crippen molar-refractivity contribution in [1.29, 1.82) is 0 Å². The van der Waals surface area contributed by atoms with E-state index in [1.54, 1.807) is 0 Å². The van der Waals surface area contributed by atoms with Crippen molar-refractivity contribution < 1.29 is 0 Å². The van der Waals surface area contributed by atoms with E-state index < -0.39 is 0 Å². The van der Waals surface area contributed by atoms with E-state index in [1.165, 1.54) is 24.8 Å². The van der Waals surface area contributed by atoms with Crippen LogP contribution >= 0.6 is 0 Å². The molecule has 0 aliphatic carbocycles. The molecule has 0 bridgehead atoms. The van der Waals surface area contributed by atoms with Crippen LogP contribution in [0.2, 0.25) is 0 Å². The third-order valence-electron chi connectivity index (χ3n) is 4.49. The molecule has 2 aromatic rings. The fourth-order valence-electron chi connectivity index (χ4n) is 3.22. The van der Waals surface area contributed by atoms with Gasteiger partial charge in [0.2, 0.25) is 0 Å². The monoisotopic (exact) mass is 299 g/mol. The Kier molecular flexibility index (Phi) is 5.16. The minimum absolute atomic E-state index is 0.610. The zero-order chi connectivity index (χ0) is 15.2. The number of unbranched alkanes of at least 4 members (excludes halogenated alkanes) is 1. The van der Waals surface area contributed by atoms with Crippen LogP contribution < -0.4 is 0 Å². The fourth-order valence-corrected chi connectivity index (χ4v) is 3.22. The van der Waals surface area contributed by atoms with Gasteiger partial charge in [0.15, 0.2) is 5.82 Å². The van der Waals surface area contributed by atoms with Crippen LogP contribution in [0.3, 0.4) is 0 Å². The van der Waals surface area contributed by atoms with E-state index in [0.29, 0.717) is 6.04 Å². The molecule has 1 saturated heterocycles. The minimum atomic E-state index is 0.610. The molecule has 5 heteroatoms. The van der Waals surface area contributed by atoms with Crippen molar-refractivity contribution in [2.75, 3.05) is 6.54 Å². The SMILES string of the molecule is CCCCn1nnnc1CN1CCCC1Cc1ccccc1. The standard InChI is InChI=1S/C17H25N5/c1-2-3-12-22-17(18-19-20-22)14-21-11-7-10-16(21)13-15-8-5-4-6-9-15/h4-6,8-9,16H,2-3,7,10-14H2,1H3. The molecule has 1 atom stereocenters. The number of hydrogen-bond donors (Lipinski definition) is 0. The van der Waals surface area contributed by atoms with E-state index in [4.69, 9.17) is 0 Å². The zero-order valence-electron chi connectivity index (χ0n) is 13.4. The smallest absolute Gasteiger partial charge is 0.165 e. The Morgan fingerprint density at radius 1 is 1.23 bits per heavy atom. The van der Waals surface area contributed by atoms with Gasteiger partial charge in [-0.1, -0.05) is 43.7 Å². The van der Waals surface area contributed by atoms with E-state index >= 15 is 0 Å². The van der Waals surface area contributed by atoms with Gasteiger partial charge < -0.3 is 0 Å². The number of aromatic nitrogens is 4. The summed E-state index contributed by atoms with van der Waals surface area (Å²) in [5, 5.41) is 12.2. The lowest BCUT2D eigenvalue weighted by Crippen LogP contribution is -2.32. The highest BCUT2D eigenvalue weighted by Crippen LogP contribution is 2.22. The summed E-state index contributed by atoms with van der Waals surface area (Å²) in [5.41, 5.74) is 1.42. The molecular formula is C17H25N5. The van der Waals surface area contributed by atoms with Crippen molar-refractivity contribution in [3.8, 4) is 0 Å². The molecule has 0 N–H and O–H groups in total. The van der Waals surface area contributed by atoms with Crippen LogP contribution in [0.5, 0.6) is 0 Å². The lowest BCUT2D eigenvalue weighted by molar-refractivity contribution is 0.233. The van der Waals surface area contributed by atoms with Crippen LogP contribution in [0.15, 0.2) is 30.3 Å². The van der Waals surface area contributed by atoms with E-state index in [9.17, 15) is 0 Å². The lowest BCUT2D eigenvalue weighted by Gasteiger charge is -2.24. The van der Waals surface area contributed by atoms with Crippen molar-refractivity contribution in [1.82, 2.24) is 25.1 Å². The van der Waals surface area contributed by atoms with Crippen molar-refractivity contribution >= 4 is 0 Å². The number of benzene rings is 1. The van der Waals surface area contributed by atoms with Gasteiger partial charge in [-0.2, -0.15) is 0 Å². The quantitative estimate of drug-likeness (QED) is 0.788. The summed E-state index contributed by atoms with van der Waals surface area (Å²) >= 11 is 0. The van der Waals surface area contributed by atoms with Gasteiger partial charge in [-0.05, 0) is 48.2 Å². The maximum Gasteiger partial charge on any atom is 0.165 e. The Morgan fingerprint density at radius 3 is 2.91 bits per heavy atom. The fraction of sp³-hybridized carbons (Fsp3) is 0.588. The van der Waals surface area contributed by atoms with E-state index in [2.05, 4.69) is 57.7 Å². The number of hydrogen-bond acceptors (Lipinski definition) is 4. The normalized spacial score (nSPS) is 18.9. The molecule has 2 heterocycles. The van der Waals surface area contributed by atoms with Crippen LogP contribution in [0, 0.1) is 0 Å². The second-order valence-electron chi connectivity index (χ2n) is 6.13. The van der Waals surface area contributed by atoms with Gasteiger partial charge in [0.05, 0.1) is 6.54 Å². The van der Waals surface area contributed by atoms with E-state index in [-0.39, 0.29) is 0 Å². The second-order valence-corrected chi connectivity index (χ2v) is 6.13. The summed E-state index contributed by atoms with van der Waals surface area (Å²) in [6.45, 7) is 5.14. The number of nitrogens with zero attached hydrogens (tertiary/aromatic N) is 5. The van der Waals surface area contributed by atoms with E-state index in [1.807, 2.05) is 4.68 Å². The van der Waals surface area contributed by atoms with Crippen molar-refractivity contribution in [3.05, 3.63) is 41.7 Å². The Labute approximate surface area is 132 Å². The molecule has 1 aromatic carbocycles. The van der Waals surface area contributed by atoms with Crippen molar-refractivity contribution in [2.45, 2.75) is 58.2 Å². The topological polar surface area (TPSA) is 46.8 Å². The van der Waals surface area contributed by atoms with Crippen molar-refractivity contribution in [2.24, 2.45) is 0 Å². The molecule has 0 amide bonds. The molecule has 0 saturated carbocycles. The van der Waals surface area contributed by atoms with Crippen LogP contribution in [-0.4, -0.2) is 37.7 Å². The molecule has 1 aliphatic rings. The van der Waals surface area contributed by atoms with Crippen LogP contribution in [0.1, 0.15) is 44.0 Å². The highest BCUT2D eigenvalue weighted by atomic mass is 15.5. The van der Waals surface area contributed by atoms with Gasteiger partial charge in [0.1, 0.15) is 0 Å². The Balaban J connectivity index is 1.63. The van der Waals surface area contributed by atoms with Gasteiger partial charge in [0, 0.05) is 12.6 Å². The molecule has 1 aliphatic heterocycles. The molecule has 1 aromatic heterocycles. The highest BCUT2D eigenvalue weighted by Gasteiger charge is 2.26. The maximum atomic E-state index is 4.23. The van der Waals surface area contributed by atoms with Crippen molar-refractivity contribution in [3.63, 3.8) is 0 Å². The summed E-state index contributed by atoms with van der Waals surface area (Å²) in [6.07, 6.45) is 5.96. The predicted octanol–water partition coefficient (Wildman–Crippen LogP) is 2.68. The molecule has 1 fully saturated rings. The average molecular weight is 299 g/mol. The molecule has 1 unspecified atom stereocenters. The number of rotatable bonds is 7. The molecular weight excluding hydrogens is 274 g/mol. The van der Waals surface area contributed by atoms with Gasteiger partial charge in [-0.3, -0.25) is 4.90 Å². The maximum absolute atomic E-state index is 4.23. The molecule has 0 spiro atoms. The Morgan fingerprint density at radius 2 is 2.09 bits per heavy atom. The second kappa shape index (κ2) is 7.49. The predicted molar refractivity (Wildman–Crippen MR) is 86.3 cm³/mol. The van der Waals surface area contributed by atoms with Gasteiger partial charge >= 0.3 is 0 Å². The van der Waals surface area contributed by atoms with Crippen LogP contribution in [0.25, 0.3) is 0 Å². The van der Waals surface area contributed by atoms with E-state index in [0.717, 1.165) is 38.3 Å². The summed E-state index contributed by atoms with van der Waals surface area (Å²) in [4.78, 5) is 2.54. The first-order valence-electron chi connectivity index (χ1n) is 8.40. The first-order valence-corrected chi connectivity index (χ1v) is 8.40. The lowest BCUT2D eigenvalue weighted by atomic mass is 10.0. The molecule has 22 heavy (non-hydrogen) atoms. The summed E-state index contributed by atoms with van der Waals surface area (Å²) < 4.78 is 1.97. The van der Waals surface area contributed by atoms with Gasteiger partial charge in [-0.25, -0.2) is 4.68 Å². The Hall–Kier alpha value is -1.75. The molecule has 0 radical (unpaired) electrons. The van der Waals surface area contributed by atoms with Gasteiger partial charge in [-0.15, -0.1) is 5.10 Å². The largest absolute Gasteiger partial charge is 0.293 e. The average Bonchev–Trinajstić information content (AvgIpc) is 3.17. The third-order valence-corrected chi connectivity index (χ3v) is 4.49. The number of aryl methyl sites for hydroxylation is 1. The summed E-state index contributed by atoms with van der Waals surface area (Å²) in [7, 11) is 0. The summed E-state index contributed by atoms with van der Waals surface area (Å²) in [5.74, 6) is 1.01. The zero-order valence-corrected chi connectivity index (χ0v) is 13.4. The first kappa shape index (κ1) is 15.2. The van der Waals surface area contributed by atoms with Crippen LogP contribution in [0.4, 0.5) is 0 Å². The molecule has 3 rings (SSSR count). The number of tetrazole rings is 1. The molecule has 5 nitrogen and oxygen atoms in total. The number of likely N-dealkylation sites (tertiary alicyclic amines) is 1. The van der Waals surface area contributed by atoms with Crippen LogP contribution in [-0.2, 0) is 19.5 Å². The summed E-state index contributed by atoms with van der Waals surface area (Å²) in [6, 6.07) is 11.4. The Bertz CT molecular complexity index is 565.